The number of unbranched alkanes of at least 4 members (excludes halogenated alkanes) is 17. The maximum Gasteiger partial charge on any atom is 0.308 e. The Balaban J connectivity index is 1.42. The van der Waals surface area contributed by atoms with E-state index < -0.39 is 15.1 Å². The molecule has 0 unspecified atom stereocenters. The van der Waals surface area contributed by atoms with Gasteiger partial charge in [0.25, 0.3) is 0 Å². The molecule has 1 aliphatic rings. The summed E-state index contributed by atoms with van der Waals surface area (Å²) >= 11 is 0. The van der Waals surface area contributed by atoms with Gasteiger partial charge < -0.3 is 10.6 Å². The quantitative estimate of drug-likeness (QED) is 0.129. The monoisotopic (exact) mass is 480 g/mol. The zero-order valence-electron chi connectivity index (χ0n) is 20.9. The van der Waals surface area contributed by atoms with Crippen molar-refractivity contribution in [1.82, 2.24) is 0 Å². The van der Waals surface area contributed by atoms with E-state index in [1.165, 1.54) is 96.3 Å². The van der Waals surface area contributed by atoms with Crippen molar-refractivity contribution in [1.29, 1.82) is 0 Å². The number of hydrogen-bond donors (Lipinski definition) is 3. The lowest BCUT2D eigenvalue weighted by molar-refractivity contribution is 0.434. The first-order valence-electron chi connectivity index (χ1n) is 13.6. The molecule has 0 radical (unpaired) electrons. The first-order valence-corrected chi connectivity index (χ1v) is 15.0. The minimum atomic E-state index is -4.28. The Morgan fingerprint density at radius 3 is 1.30 bits per heavy atom. The lowest BCUT2D eigenvalue weighted by Gasteiger charge is -2.27. The number of anilines is 2. The highest BCUT2D eigenvalue weighted by Crippen LogP contribution is 2.38. The molecule has 0 bridgehead atoms. The molecule has 2 rings (SSSR count). The Labute approximate surface area is 203 Å². The van der Waals surface area contributed by atoms with Gasteiger partial charge in [-0.25, -0.2) is 0 Å². The smallest absolute Gasteiger partial charge is 0.308 e. The summed E-state index contributed by atoms with van der Waals surface area (Å²) in [6.45, 7) is 2.27. The van der Waals surface area contributed by atoms with Crippen LogP contribution in [0.1, 0.15) is 129 Å². The Morgan fingerprint density at radius 2 is 0.970 bits per heavy atom. The third-order valence-corrected chi connectivity index (χ3v) is 8.21. The summed E-state index contributed by atoms with van der Waals surface area (Å²) in [6.07, 6.45) is 23.7. The average Bonchev–Trinajstić information content (AvgIpc) is 3.18. The summed E-state index contributed by atoms with van der Waals surface area (Å²) in [4.78, 5) is -1.49. The fraction of sp³-hybridized carbons (Fsp3) is 0.778. The Kier molecular flexibility index (Phi) is 13.2. The van der Waals surface area contributed by atoms with E-state index in [0.29, 0.717) is 6.42 Å². The van der Waals surface area contributed by atoms with E-state index in [0.717, 1.165) is 30.6 Å². The van der Waals surface area contributed by atoms with Crippen LogP contribution in [0, 0.1) is 0 Å². The molecule has 0 saturated carbocycles. The van der Waals surface area contributed by atoms with Crippen molar-refractivity contribution in [2.24, 2.45) is 0 Å². The molecule has 1 aliphatic heterocycles. The molecule has 0 atom stereocenters. The molecule has 0 amide bonds. The van der Waals surface area contributed by atoms with Crippen LogP contribution in [0.2, 0.25) is 0 Å². The molecule has 190 valence electrons. The molecule has 33 heavy (non-hydrogen) atoms. The van der Waals surface area contributed by atoms with Gasteiger partial charge in [0.2, 0.25) is 4.99 Å². The van der Waals surface area contributed by atoms with E-state index in [-0.39, 0.29) is 0 Å². The van der Waals surface area contributed by atoms with Crippen LogP contribution >= 0.6 is 0 Å². The number of rotatable bonds is 20. The van der Waals surface area contributed by atoms with E-state index in [9.17, 15) is 13.0 Å². The molecule has 0 spiro atoms. The fourth-order valence-electron chi connectivity index (χ4n) is 4.83. The van der Waals surface area contributed by atoms with Gasteiger partial charge >= 0.3 is 10.1 Å². The summed E-state index contributed by atoms with van der Waals surface area (Å²) in [7, 11) is -4.28. The topological polar surface area (TPSA) is 78.4 Å². The van der Waals surface area contributed by atoms with Crippen LogP contribution < -0.4 is 10.6 Å². The first-order chi connectivity index (χ1) is 16.0. The van der Waals surface area contributed by atoms with Gasteiger partial charge in [-0.05, 0) is 18.6 Å². The van der Waals surface area contributed by atoms with Crippen molar-refractivity contribution in [3.63, 3.8) is 0 Å². The van der Waals surface area contributed by atoms with E-state index in [1.54, 1.807) is 0 Å². The van der Waals surface area contributed by atoms with Crippen molar-refractivity contribution >= 4 is 21.5 Å². The molecule has 0 aromatic heterocycles. The first kappa shape index (κ1) is 28.0. The van der Waals surface area contributed by atoms with Gasteiger partial charge in [-0.1, -0.05) is 128 Å². The number of fused-ring (bicyclic) bond motifs is 1. The van der Waals surface area contributed by atoms with Crippen molar-refractivity contribution in [2.45, 2.75) is 134 Å². The second-order valence-electron chi connectivity index (χ2n) is 9.86. The molecule has 1 aromatic carbocycles. The standard InChI is InChI=1S/C27H48N2O3S/c1-2-3-4-5-6-7-8-9-10-11-12-13-14-15-16-17-18-21-24-27(33(30,31)32)28-25-22-19-20-23-26(25)29-27/h19-20,22-23,28-29H,2-18,21,24H2,1H3,(H,30,31,32). The van der Waals surface area contributed by atoms with E-state index >= 15 is 0 Å². The highest BCUT2D eigenvalue weighted by molar-refractivity contribution is 7.87. The van der Waals surface area contributed by atoms with Crippen LogP contribution in [0.15, 0.2) is 24.3 Å². The predicted octanol–water partition coefficient (Wildman–Crippen LogP) is 8.50. The predicted molar refractivity (Wildman–Crippen MR) is 141 cm³/mol. The lowest BCUT2D eigenvalue weighted by Crippen LogP contribution is -2.49. The van der Waals surface area contributed by atoms with Crippen molar-refractivity contribution in [2.75, 3.05) is 10.6 Å². The van der Waals surface area contributed by atoms with Gasteiger partial charge in [0.05, 0.1) is 11.4 Å². The van der Waals surface area contributed by atoms with Crippen molar-refractivity contribution < 1.29 is 13.0 Å². The van der Waals surface area contributed by atoms with Gasteiger partial charge in [0.15, 0.2) is 0 Å². The molecule has 0 saturated heterocycles. The molecular formula is C27H48N2O3S. The van der Waals surface area contributed by atoms with Gasteiger partial charge in [0.1, 0.15) is 0 Å². The molecule has 0 fully saturated rings. The van der Waals surface area contributed by atoms with Crippen LogP contribution in [-0.2, 0) is 10.1 Å². The Hall–Kier alpha value is -1.27. The lowest BCUT2D eigenvalue weighted by atomic mass is 10.0. The van der Waals surface area contributed by atoms with Gasteiger partial charge in [-0.2, -0.15) is 8.42 Å². The third-order valence-electron chi connectivity index (χ3n) is 6.92. The molecular weight excluding hydrogens is 432 g/mol. The maximum absolute atomic E-state index is 12.1. The molecule has 1 aromatic rings. The number of benzene rings is 1. The molecule has 0 aliphatic carbocycles. The van der Waals surface area contributed by atoms with E-state index in [4.69, 9.17) is 0 Å². The number of nitrogens with one attached hydrogen (secondary N) is 2. The summed E-state index contributed by atoms with van der Waals surface area (Å²) < 4.78 is 34.0. The molecule has 6 heteroatoms. The minimum Gasteiger partial charge on any atom is -0.347 e. The fourth-order valence-corrected chi connectivity index (χ4v) is 5.71. The number of hydrogen-bond acceptors (Lipinski definition) is 4. The average molecular weight is 481 g/mol. The highest BCUT2D eigenvalue weighted by atomic mass is 32.2. The normalized spacial score (nSPS) is 14.6. The molecule has 3 N–H and O–H groups in total. The van der Waals surface area contributed by atoms with Crippen LogP contribution in [0.4, 0.5) is 11.4 Å². The van der Waals surface area contributed by atoms with Gasteiger partial charge in [-0.15, -0.1) is 0 Å². The summed E-state index contributed by atoms with van der Waals surface area (Å²) in [5.41, 5.74) is 1.44. The van der Waals surface area contributed by atoms with Crippen LogP contribution in [0.25, 0.3) is 0 Å². The Morgan fingerprint density at radius 1 is 0.636 bits per heavy atom. The number of para-hydroxylation sites is 2. The maximum atomic E-state index is 12.1. The molecule has 5 nitrogen and oxygen atoms in total. The van der Waals surface area contributed by atoms with Crippen molar-refractivity contribution in [3.8, 4) is 0 Å². The minimum absolute atomic E-state index is 0.346. The summed E-state index contributed by atoms with van der Waals surface area (Å²) in [5.74, 6) is 0. The molecule has 1 heterocycles. The zero-order chi connectivity index (χ0) is 23.8. The van der Waals surface area contributed by atoms with Crippen molar-refractivity contribution in [3.05, 3.63) is 24.3 Å². The summed E-state index contributed by atoms with van der Waals surface area (Å²) in [5, 5.41) is 5.99. The SMILES string of the molecule is CCCCCCCCCCCCCCCCCCCCC1(S(=O)(=O)O)Nc2ccccc2N1. The van der Waals surface area contributed by atoms with Gasteiger partial charge in [-0.3, -0.25) is 4.55 Å². The van der Waals surface area contributed by atoms with E-state index in [2.05, 4.69) is 17.6 Å². The van der Waals surface area contributed by atoms with Crippen LogP contribution in [-0.4, -0.2) is 18.0 Å². The van der Waals surface area contributed by atoms with Crippen LogP contribution in [0.5, 0.6) is 0 Å². The Bertz CT molecular complexity index is 726. The largest absolute Gasteiger partial charge is 0.347 e. The summed E-state index contributed by atoms with van der Waals surface area (Å²) in [6, 6.07) is 7.35. The third kappa shape index (κ3) is 10.3. The zero-order valence-corrected chi connectivity index (χ0v) is 21.7. The second-order valence-corrected chi connectivity index (χ2v) is 11.5. The second kappa shape index (κ2) is 15.6. The van der Waals surface area contributed by atoms with E-state index in [1.807, 2.05) is 24.3 Å². The highest BCUT2D eigenvalue weighted by Gasteiger charge is 2.46. The van der Waals surface area contributed by atoms with Gasteiger partial charge in [0, 0.05) is 6.42 Å². The van der Waals surface area contributed by atoms with Crippen LogP contribution in [0.3, 0.4) is 0 Å².